The van der Waals surface area contributed by atoms with E-state index in [1.165, 1.54) is 48.9 Å². The molecular formula is C25H22N2O5S2. The molecule has 3 aromatic carbocycles. The van der Waals surface area contributed by atoms with Crippen molar-refractivity contribution in [3.8, 4) is 5.75 Å². The van der Waals surface area contributed by atoms with Crippen molar-refractivity contribution in [1.29, 1.82) is 0 Å². The summed E-state index contributed by atoms with van der Waals surface area (Å²) in [5.74, 6) is 0.182. The Morgan fingerprint density at radius 1 is 0.971 bits per heavy atom. The first kappa shape index (κ1) is 23.5. The number of thiophene rings is 1. The van der Waals surface area contributed by atoms with Crippen LogP contribution in [-0.2, 0) is 10.0 Å². The molecule has 0 saturated heterocycles. The van der Waals surface area contributed by atoms with E-state index in [0.717, 1.165) is 10.1 Å². The third-order valence-corrected chi connectivity index (χ3v) is 8.25. The first-order valence-electron chi connectivity index (χ1n) is 10.3. The molecule has 34 heavy (non-hydrogen) atoms. The zero-order valence-corrected chi connectivity index (χ0v) is 20.4. The van der Waals surface area contributed by atoms with Gasteiger partial charge in [0.25, 0.3) is 15.9 Å². The fourth-order valence-electron chi connectivity index (χ4n) is 3.39. The summed E-state index contributed by atoms with van der Waals surface area (Å²) in [4.78, 5) is 25.0. The number of nitrogens with one attached hydrogen (secondary N) is 1. The standard InChI is InChI=1S/C25H22N2O5S2/c1-16(28)17-5-4-6-19(13-17)26-25(29)24-15-18-14-20(7-12-23(18)33-24)27(2)34(30,31)22-10-8-21(32-3)9-11-22/h4-15H,1-3H3,(H,26,29). The van der Waals surface area contributed by atoms with E-state index in [4.69, 9.17) is 4.74 Å². The molecule has 1 heterocycles. The summed E-state index contributed by atoms with van der Waals surface area (Å²) < 4.78 is 33.3. The van der Waals surface area contributed by atoms with Crippen molar-refractivity contribution in [2.75, 3.05) is 23.8 Å². The minimum Gasteiger partial charge on any atom is -0.497 e. The zero-order chi connectivity index (χ0) is 24.5. The predicted octanol–water partition coefficient (Wildman–Crippen LogP) is 5.19. The minimum atomic E-state index is -3.77. The summed E-state index contributed by atoms with van der Waals surface area (Å²) in [7, 11) is -0.767. The Labute approximate surface area is 201 Å². The van der Waals surface area contributed by atoms with Crippen LogP contribution in [0.3, 0.4) is 0 Å². The molecule has 174 valence electrons. The second-order valence-electron chi connectivity index (χ2n) is 7.57. The van der Waals surface area contributed by atoms with E-state index in [0.29, 0.717) is 27.6 Å². The SMILES string of the molecule is COc1ccc(S(=O)(=O)N(C)c2ccc3sc(C(=O)Nc4cccc(C(C)=O)c4)cc3c2)cc1. The van der Waals surface area contributed by atoms with E-state index < -0.39 is 10.0 Å². The van der Waals surface area contributed by atoms with E-state index in [-0.39, 0.29) is 16.6 Å². The minimum absolute atomic E-state index is 0.0841. The highest BCUT2D eigenvalue weighted by Crippen LogP contribution is 2.32. The van der Waals surface area contributed by atoms with Crippen molar-refractivity contribution in [3.05, 3.63) is 83.2 Å². The van der Waals surface area contributed by atoms with Gasteiger partial charge in [0.15, 0.2) is 5.78 Å². The molecule has 0 saturated carbocycles. The van der Waals surface area contributed by atoms with E-state index in [1.54, 1.807) is 60.7 Å². The molecule has 1 aromatic heterocycles. The lowest BCUT2D eigenvalue weighted by atomic mass is 10.1. The Hall–Kier alpha value is -3.69. The monoisotopic (exact) mass is 494 g/mol. The number of hydrogen-bond acceptors (Lipinski definition) is 6. The van der Waals surface area contributed by atoms with Crippen LogP contribution < -0.4 is 14.4 Å². The molecule has 4 rings (SSSR count). The molecule has 0 unspecified atom stereocenters. The van der Waals surface area contributed by atoms with Gasteiger partial charge in [-0.2, -0.15) is 0 Å². The molecule has 0 aliphatic carbocycles. The summed E-state index contributed by atoms with van der Waals surface area (Å²) in [6.45, 7) is 1.47. The summed E-state index contributed by atoms with van der Waals surface area (Å²) in [5.41, 5.74) is 1.52. The number of amides is 1. The van der Waals surface area contributed by atoms with Gasteiger partial charge < -0.3 is 10.1 Å². The number of methoxy groups -OCH3 is 1. The summed E-state index contributed by atoms with van der Waals surface area (Å²) in [5, 5.41) is 3.56. The van der Waals surface area contributed by atoms with Gasteiger partial charge >= 0.3 is 0 Å². The van der Waals surface area contributed by atoms with Crippen molar-refractivity contribution in [2.24, 2.45) is 0 Å². The number of hydrogen-bond donors (Lipinski definition) is 1. The first-order valence-corrected chi connectivity index (χ1v) is 12.5. The maximum absolute atomic E-state index is 13.1. The Morgan fingerprint density at radius 2 is 1.71 bits per heavy atom. The Balaban J connectivity index is 1.58. The number of fused-ring (bicyclic) bond motifs is 1. The lowest BCUT2D eigenvalue weighted by Crippen LogP contribution is -2.26. The van der Waals surface area contributed by atoms with Gasteiger partial charge in [-0.1, -0.05) is 12.1 Å². The highest BCUT2D eigenvalue weighted by molar-refractivity contribution is 7.92. The largest absolute Gasteiger partial charge is 0.497 e. The lowest BCUT2D eigenvalue weighted by Gasteiger charge is -2.19. The molecule has 0 spiro atoms. The second kappa shape index (κ2) is 9.28. The quantitative estimate of drug-likeness (QED) is 0.357. The van der Waals surface area contributed by atoms with E-state index >= 15 is 0 Å². The number of Topliss-reactive ketones (excluding diaryl/α,β-unsaturated/α-hetero) is 1. The Morgan fingerprint density at radius 3 is 2.38 bits per heavy atom. The molecule has 0 atom stereocenters. The molecule has 0 aliphatic heterocycles. The second-order valence-corrected chi connectivity index (χ2v) is 10.6. The Bertz CT molecular complexity index is 1490. The zero-order valence-electron chi connectivity index (χ0n) is 18.7. The van der Waals surface area contributed by atoms with Crippen LogP contribution in [-0.4, -0.2) is 34.3 Å². The molecular weight excluding hydrogens is 472 g/mol. The molecule has 0 bridgehead atoms. The van der Waals surface area contributed by atoms with E-state index in [1.807, 2.05) is 0 Å². The molecule has 0 aliphatic rings. The maximum Gasteiger partial charge on any atom is 0.265 e. The van der Waals surface area contributed by atoms with Crippen molar-refractivity contribution in [3.63, 3.8) is 0 Å². The van der Waals surface area contributed by atoms with E-state index in [2.05, 4.69) is 5.32 Å². The lowest BCUT2D eigenvalue weighted by molar-refractivity contribution is 0.101. The third-order valence-electron chi connectivity index (χ3n) is 5.33. The van der Waals surface area contributed by atoms with Gasteiger partial charge in [0.2, 0.25) is 0 Å². The maximum atomic E-state index is 13.1. The fourth-order valence-corrected chi connectivity index (χ4v) is 5.52. The van der Waals surface area contributed by atoms with Crippen molar-refractivity contribution in [1.82, 2.24) is 0 Å². The first-order chi connectivity index (χ1) is 16.2. The average molecular weight is 495 g/mol. The number of sulfonamides is 1. The van der Waals surface area contributed by atoms with Crippen LogP contribution in [0.15, 0.2) is 77.7 Å². The molecule has 4 aromatic rings. The van der Waals surface area contributed by atoms with E-state index in [9.17, 15) is 18.0 Å². The highest BCUT2D eigenvalue weighted by atomic mass is 32.2. The average Bonchev–Trinajstić information content (AvgIpc) is 3.27. The van der Waals surface area contributed by atoms with Crippen LogP contribution in [0.2, 0.25) is 0 Å². The number of anilines is 2. The van der Waals surface area contributed by atoms with Crippen molar-refractivity contribution in [2.45, 2.75) is 11.8 Å². The number of rotatable bonds is 7. The van der Waals surface area contributed by atoms with Crippen LogP contribution in [0.4, 0.5) is 11.4 Å². The van der Waals surface area contributed by atoms with Crippen LogP contribution in [0.1, 0.15) is 27.0 Å². The predicted molar refractivity (Wildman–Crippen MR) is 135 cm³/mol. The van der Waals surface area contributed by atoms with Gasteiger partial charge in [-0.25, -0.2) is 8.42 Å². The molecule has 0 fully saturated rings. The number of carbonyl (C=O) groups is 2. The highest BCUT2D eigenvalue weighted by Gasteiger charge is 2.22. The van der Waals surface area contributed by atoms with Crippen LogP contribution in [0.25, 0.3) is 10.1 Å². The third kappa shape index (κ3) is 4.66. The van der Waals surface area contributed by atoms with Gasteiger partial charge in [-0.3, -0.25) is 13.9 Å². The molecule has 1 amide bonds. The summed E-state index contributed by atoms with van der Waals surface area (Å²) >= 11 is 1.30. The molecule has 0 radical (unpaired) electrons. The van der Waals surface area contributed by atoms with Gasteiger partial charge in [0, 0.05) is 23.0 Å². The fraction of sp³-hybridized carbons (Fsp3) is 0.120. The van der Waals surface area contributed by atoms with Crippen LogP contribution >= 0.6 is 11.3 Å². The summed E-state index contributed by atoms with van der Waals surface area (Å²) in [6, 6.07) is 19.9. The van der Waals surface area contributed by atoms with Gasteiger partial charge in [-0.15, -0.1) is 11.3 Å². The normalized spacial score (nSPS) is 11.3. The number of ether oxygens (including phenoxy) is 1. The van der Waals surface area contributed by atoms with Crippen LogP contribution in [0.5, 0.6) is 5.75 Å². The number of carbonyl (C=O) groups excluding carboxylic acids is 2. The topological polar surface area (TPSA) is 92.8 Å². The van der Waals surface area contributed by atoms with Gasteiger partial charge in [0.05, 0.1) is 22.6 Å². The van der Waals surface area contributed by atoms with Gasteiger partial charge in [-0.05, 0) is 73.0 Å². The smallest absolute Gasteiger partial charge is 0.265 e. The number of ketones is 1. The molecule has 7 nitrogen and oxygen atoms in total. The summed E-state index contributed by atoms with van der Waals surface area (Å²) in [6.07, 6.45) is 0. The number of benzene rings is 3. The number of nitrogens with zero attached hydrogens (tertiary/aromatic N) is 1. The molecule has 1 N–H and O–H groups in total. The Kier molecular flexibility index (Phi) is 6.41. The van der Waals surface area contributed by atoms with Crippen molar-refractivity contribution < 1.29 is 22.7 Å². The molecule has 9 heteroatoms. The van der Waals surface area contributed by atoms with Crippen LogP contribution in [0, 0.1) is 0 Å². The van der Waals surface area contributed by atoms with Gasteiger partial charge in [0.1, 0.15) is 5.75 Å². The van der Waals surface area contributed by atoms with Crippen molar-refractivity contribution >= 4 is 54.5 Å².